The van der Waals surface area contributed by atoms with E-state index in [0.29, 0.717) is 5.69 Å². The zero-order chi connectivity index (χ0) is 12.4. The molecule has 3 rings (SSSR count). The van der Waals surface area contributed by atoms with Crippen molar-refractivity contribution < 1.29 is 5.11 Å². The van der Waals surface area contributed by atoms with Crippen molar-refractivity contribution in [1.29, 1.82) is 0 Å². The lowest BCUT2D eigenvalue weighted by molar-refractivity contribution is 0.470. The summed E-state index contributed by atoms with van der Waals surface area (Å²) < 4.78 is 1.71. The van der Waals surface area contributed by atoms with Gasteiger partial charge in [-0.25, -0.2) is 4.68 Å². The van der Waals surface area contributed by atoms with Crippen molar-refractivity contribution in [3.8, 4) is 11.4 Å². The Labute approximate surface area is 106 Å². The van der Waals surface area contributed by atoms with Crippen LogP contribution < -0.4 is 0 Å². The molecule has 0 amide bonds. The van der Waals surface area contributed by atoms with Gasteiger partial charge in [-0.1, -0.05) is 30.4 Å². The van der Waals surface area contributed by atoms with Gasteiger partial charge >= 0.3 is 0 Å². The minimum Gasteiger partial charge on any atom is -0.506 e. The van der Waals surface area contributed by atoms with Crippen molar-refractivity contribution in [2.75, 3.05) is 0 Å². The Morgan fingerprint density at radius 2 is 2.11 bits per heavy atom. The van der Waals surface area contributed by atoms with Crippen LogP contribution in [0.4, 0.5) is 0 Å². The van der Waals surface area contributed by atoms with Crippen LogP contribution in [0, 0.1) is 0 Å². The van der Waals surface area contributed by atoms with Crippen molar-refractivity contribution in [1.82, 2.24) is 9.78 Å². The number of aromatic nitrogens is 2. The third-order valence-corrected chi connectivity index (χ3v) is 3.10. The van der Waals surface area contributed by atoms with Crippen molar-refractivity contribution in [2.45, 2.75) is 12.8 Å². The third-order valence-electron chi connectivity index (χ3n) is 3.10. The highest BCUT2D eigenvalue weighted by atomic mass is 16.3. The maximum Gasteiger partial charge on any atom is 0.141 e. The van der Waals surface area contributed by atoms with Gasteiger partial charge in [-0.2, -0.15) is 5.10 Å². The zero-order valence-corrected chi connectivity index (χ0v) is 9.95. The van der Waals surface area contributed by atoms with Gasteiger partial charge in [-0.3, -0.25) is 0 Å². The summed E-state index contributed by atoms with van der Waals surface area (Å²) in [6.45, 7) is 0. The SMILES string of the molecule is Oc1ccccc1-n1cc(C2=CC=CCC2)cn1. The molecule has 2 aromatic rings. The van der Waals surface area contributed by atoms with Gasteiger partial charge in [-0.15, -0.1) is 0 Å². The van der Waals surface area contributed by atoms with E-state index in [1.807, 2.05) is 24.5 Å². The number of rotatable bonds is 2. The summed E-state index contributed by atoms with van der Waals surface area (Å²) in [5.74, 6) is 0.240. The first-order valence-electron chi connectivity index (χ1n) is 6.04. The average molecular weight is 238 g/mol. The Bertz CT molecular complexity index is 623. The monoisotopic (exact) mass is 238 g/mol. The molecule has 0 radical (unpaired) electrons. The van der Waals surface area contributed by atoms with Gasteiger partial charge in [0.25, 0.3) is 0 Å². The maximum absolute atomic E-state index is 9.80. The standard InChI is InChI=1S/C15H14N2O/c18-15-9-5-4-8-14(15)17-11-13(10-16-17)12-6-2-1-3-7-12/h1-2,4-6,8-11,18H,3,7H2. The first-order chi connectivity index (χ1) is 8.84. The van der Waals surface area contributed by atoms with Crippen molar-refractivity contribution in [3.63, 3.8) is 0 Å². The van der Waals surface area contributed by atoms with Crippen molar-refractivity contribution in [2.24, 2.45) is 0 Å². The number of aromatic hydroxyl groups is 1. The fraction of sp³-hybridized carbons (Fsp3) is 0.133. The Morgan fingerprint density at radius 3 is 2.89 bits per heavy atom. The van der Waals surface area contributed by atoms with E-state index in [9.17, 15) is 5.11 Å². The van der Waals surface area contributed by atoms with Crippen LogP contribution in [0.3, 0.4) is 0 Å². The average Bonchev–Trinajstić information content (AvgIpc) is 2.90. The van der Waals surface area contributed by atoms with E-state index in [0.717, 1.165) is 18.4 Å². The third kappa shape index (κ3) is 1.95. The summed E-state index contributed by atoms with van der Waals surface area (Å²) in [5.41, 5.74) is 3.11. The number of phenolic OH excluding ortho intramolecular Hbond substituents is 1. The molecule has 0 saturated carbocycles. The Hall–Kier alpha value is -2.29. The summed E-state index contributed by atoms with van der Waals surface area (Å²) in [6, 6.07) is 7.21. The van der Waals surface area contributed by atoms with E-state index in [4.69, 9.17) is 0 Å². The van der Waals surface area contributed by atoms with Crippen LogP contribution in [0.1, 0.15) is 18.4 Å². The molecule has 0 bridgehead atoms. The van der Waals surface area contributed by atoms with Gasteiger partial charge < -0.3 is 5.11 Å². The fourth-order valence-electron chi connectivity index (χ4n) is 2.12. The first-order valence-corrected chi connectivity index (χ1v) is 6.04. The summed E-state index contributed by atoms with van der Waals surface area (Å²) in [7, 11) is 0. The van der Waals surface area contributed by atoms with Crippen LogP contribution in [-0.2, 0) is 0 Å². The molecule has 0 aliphatic heterocycles. The smallest absolute Gasteiger partial charge is 0.141 e. The van der Waals surface area contributed by atoms with Gasteiger partial charge in [0, 0.05) is 11.8 Å². The molecule has 3 nitrogen and oxygen atoms in total. The van der Waals surface area contributed by atoms with Crippen LogP contribution in [0.2, 0.25) is 0 Å². The van der Waals surface area contributed by atoms with Gasteiger partial charge in [-0.05, 0) is 30.5 Å². The Kier molecular flexibility index (Phi) is 2.73. The topological polar surface area (TPSA) is 38.0 Å². The second kappa shape index (κ2) is 4.53. The number of phenols is 1. The predicted molar refractivity (Wildman–Crippen MR) is 71.6 cm³/mol. The predicted octanol–water partition coefficient (Wildman–Crippen LogP) is 3.31. The minimum absolute atomic E-state index is 0.240. The van der Waals surface area contributed by atoms with E-state index in [1.165, 1.54) is 5.57 Å². The van der Waals surface area contributed by atoms with E-state index in [2.05, 4.69) is 23.3 Å². The van der Waals surface area contributed by atoms with Gasteiger partial charge in [0.15, 0.2) is 0 Å². The van der Waals surface area contributed by atoms with E-state index < -0.39 is 0 Å². The summed E-state index contributed by atoms with van der Waals surface area (Å²) in [4.78, 5) is 0. The molecular formula is C15H14N2O. The van der Waals surface area contributed by atoms with Crippen LogP contribution in [0.15, 0.2) is 54.9 Å². The van der Waals surface area contributed by atoms with Gasteiger partial charge in [0.1, 0.15) is 11.4 Å². The lowest BCUT2D eigenvalue weighted by Crippen LogP contribution is -1.94. The number of hydrogen-bond acceptors (Lipinski definition) is 2. The molecule has 0 spiro atoms. The lowest BCUT2D eigenvalue weighted by Gasteiger charge is -2.06. The maximum atomic E-state index is 9.80. The molecule has 1 heterocycles. The van der Waals surface area contributed by atoms with E-state index in [-0.39, 0.29) is 5.75 Å². The number of benzene rings is 1. The van der Waals surface area contributed by atoms with Gasteiger partial charge in [0.2, 0.25) is 0 Å². The molecule has 1 N–H and O–H groups in total. The number of allylic oxidation sites excluding steroid dienone is 4. The molecule has 0 saturated heterocycles. The molecule has 1 aromatic heterocycles. The molecule has 18 heavy (non-hydrogen) atoms. The lowest BCUT2D eigenvalue weighted by atomic mass is 10.0. The molecular weight excluding hydrogens is 224 g/mol. The first kappa shape index (κ1) is 10.8. The van der Waals surface area contributed by atoms with Crippen molar-refractivity contribution in [3.05, 3.63) is 60.5 Å². The molecule has 3 heteroatoms. The van der Waals surface area contributed by atoms with Crippen LogP contribution in [0.5, 0.6) is 5.75 Å². The van der Waals surface area contributed by atoms with Crippen LogP contribution in [0.25, 0.3) is 11.3 Å². The minimum atomic E-state index is 0.240. The Morgan fingerprint density at radius 1 is 1.22 bits per heavy atom. The second-order valence-electron chi connectivity index (χ2n) is 4.32. The van der Waals surface area contributed by atoms with E-state index >= 15 is 0 Å². The molecule has 0 atom stereocenters. The molecule has 90 valence electrons. The number of nitrogens with zero attached hydrogens (tertiary/aromatic N) is 2. The van der Waals surface area contributed by atoms with E-state index in [1.54, 1.807) is 16.8 Å². The molecule has 0 fully saturated rings. The summed E-state index contributed by atoms with van der Waals surface area (Å²) >= 11 is 0. The highest BCUT2D eigenvalue weighted by Crippen LogP contribution is 2.25. The highest BCUT2D eigenvalue weighted by Gasteiger charge is 2.08. The number of para-hydroxylation sites is 2. The van der Waals surface area contributed by atoms with Crippen LogP contribution in [-0.4, -0.2) is 14.9 Å². The quantitative estimate of drug-likeness (QED) is 0.871. The van der Waals surface area contributed by atoms with Crippen LogP contribution >= 0.6 is 0 Å². The highest BCUT2D eigenvalue weighted by molar-refractivity contribution is 5.67. The normalized spacial score (nSPS) is 14.6. The largest absolute Gasteiger partial charge is 0.506 e. The fourth-order valence-corrected chi connectivity index (χ4v) is 2.12. The Balaban J connectivity index is 1.97. The molecule has 0 unspecified atom stereocenters. The summed E-state index contributed by atoms with van der Waals surface area (Å²) in [5, 5.41) is 14.1. The van der Waals surface area contributed by atoms with Gasteiger partial charge in [0.05, 0.1) is 6.20 Å². The number of hydrogen-bond donors (Lipinski definition) is 1. The molecule has 1 aliphatic carbocycles. The van der Waals surface area contributed by atoms with Crippen molar-refractivity contribution >= 4 is 5.57 Å². The zero-order valence-electron chi connectivity index (χ0n) is 9.95. The summed E-state index contributed by atoms with van der Waals surface area (Å²) in [6.07, 6.45) is 12.3. The molecule has 1 aromatic carbocycles. The second-order valence-corrected chi connectivity index (χ2v) is 4.32. The molecule has 1 aliphatic rings.